The number of rotatable bonds is 4. The van der Waals surface area contributed by atoms with Gasteiger partial charge in [-0.3, -0.25) is 4.79 Å². The van der Waals surface area contributed by atoms with Gasteiger partial charge in [0, 0.05) is 6.42 Å². The topological polar surface area (TPSA) is 55.8 Å². The molecule has 0 radical (unpaired) electrons. The number of fused-ring (bicyclic) bond motifs is 1. The first-order valence-corrected chi connectivity index (χ1v) is 5.80. The maximum atomic E-state index is 11.3. The molecule has 0 aromatic heterocycles. The second-order valence-corrected chi connectivity index (χ2v) is 3.99. The number of benzene rings is 1. The van der Waals surface area contributed by atoms with Crippen molar-refractivity contribution in [3.63, 3.8) is 0 Å². The number of aliphatic hydroxyl groups is 1. The molecule has 92 valence electrons. The smallest absolute Gasteiger partial charge is 0.308 e. The van der Waals surface area contributed by atoms with Crippen molar-refractivity contribution in [2.75, 3.05) is 13.2 Å². The third-order valence-corrected chi connectivity index (χ3v) is 2.76. The van der Waals surface area contributed by atoms with E-state index in [0.717, 1.165) is 23.3 Å². The maximum Gasteiger partial charge on any atom is 0.308 e. The molecule has 1 aromatic rings. The predicted molar refractivity (Wildman–Crippen MR) is 61.9 cm³/mol. The summed E-state index contributed by atoms with van der Waals surface area (Å²) in [7, 11) is 0. The van der Waals surface area contributed by atoms with Gasteiger partial charge in [-0.25, -0.2) is 0 Å². The molecule has 0 amide bonds. The lowest BCUT2D eigenvalue weighted by Gasteiger charge is -2.11. The van der Waals surface area contributed by atoms with Crippen LogP contribution in [0.5, 0.6) is 5.75 Å². The van der Waals surface area contributed by atoms with Gasteiger partial charge in [0.15, 0.2) is 0 Å². The number of ether oxygens (including phenoxy) is 2. The summed E-state index contributed by atoms with van der Waals surface area (Å²) in [4.78, 5) is 11.3. The summed E-state index contributed by atoms with van der Waals surface area (Å²) in [6, 6.07) is 5.52. The van der Waals surface area contributed by atoms with Crippen molar-refractivity contribution in [3.8, 4) is 5.75 Å². The Labute approximate surface area is 100 Å². The Hall–Kier alpha value is -1.55. The van der Waals surface area contributed by atoms with E-state index < -0.39 is 6.10 Å². The van der Waals surface area contributed by atoms with Gasteiger partial charge in [-0.15, -0.1) is 0 Å². The molecule has 1 atom stereocenters. The first kappa shape index (κ1) is 11.9. The minimum absolute atomic E-state index is 0.00646. The monoisotopic (exact) mass is 236 g/mol. The lowest BCUT2D eigenvalue weighted by atomic mass is 10.0. The Morgan fingerprint density at radius 1 is 1.59 bits per heavy atom. The molecule has 1 heterocycles. The number of esters is 1. The minimum atomic E-state index is -0.806. The molecule has 0 spiro atoms. The van der Waals surface area contributed by atoms with Crippen LogP contribution in [0.2, 0.25) is 0 Å². The second kappa shape index (κ2) is 5.19. The molecular weight excluding hydrogens is 220 g/mol. The first-order chi connectivity index (χ1) is 8.20. The lowest BCUT2D eigenvalue weighted by Crippen LogP contribution is -2.10. The van der Waals surface area contributed by atoms with Gasteiger partial charge in [-0.2, -0.15) is 0 Å². The van der Waals surface area contributed by atoms with E-state index in [0.29, 0.717) is 13.2 Å². The largest absolute Gasteiger partial charge is 0.493 e. The molecule has 4 heteroatoms. The van der Waals surface area contributed by atoms with Crippen LogP contribution in [0, 0.1) is 0 Å². The van der Waals surface area contributed by atoms with Crippen LogP contribution in [0.15, 0.2) is 18.2 Å². The Kier molecular flexibility index (Phi) is 3.64. The van der Waals surface area contributed by atoms with Gasteiger partial charge >= 0.3 is 5.97 Å². The lowest BCUT2D eigenvalue weighted by molar-refractivity contribution is -0.145. The fourth-order valence-electron chi connectivity index (χ4n) is 1.91. The number of carbonyl (C=O) groups excluding carboxylic acids is 1. The summed E-state index contributed by atoms with van der Waals surface area (Å²) in [5.74, 6) is 0.494. The van der Waals surface area contributed by atoms with Crippen molar-refractivity contribution < 1.29 is 19.4 Å². The highest BCUT2D eigenvalue weighted by molar-refractivity contribution is 5.70. The van der Waals surface area contributed by atoms with Crippen molar-refractivity contribution in [1.82, 2.24) is 0 Å². The molecule has 0 saturated carbocycles. The van der Waals surface area contributed by atoms with Gasteiger partial charge in [0.25, 0.3) is 0 Å². The van der Waals surface area contributed by atoms with Crippen molar-refractivity contribution in [3.05, 3.63) is 29.3 Å². The molecule has 1 aliphatic rings. The third-order valence-electron chi connectivity index (χ3n) is 2.76. The van der Waals surface area contributed by atoms with E-state index in [4.69, 9.17) is 9.47 Å². The molecule has 1 aromatic carbocycles. The predicted octanol–water partition coefficient (Wildman–Crippen LogP) is 1.61. The molecule has 0 aliphatic carbocycles. The van der Waals surface area contributed by atoms with Crippen LogP contribution in [0.4, 0.5) is 0 Å². The quantitative estimate of drug-likeness (QED) is 0.807. The highest BCUT2D eigenvalue weighted by Crippen LogP contribution is 2.29. The van der Waals surface area contributed by atoms with E-state index in [1.165, 1.54) is 0 Å². The number of hydrogen-bond acceptors (Lipinski definition) is 4. The first-order valence-electron chi connectivity index (χ1n) is 5.80. The van der Waals surface area contributed by atoms with Crippen LogP contribution in [0.1, 0.15) is 30.6 Å². The van der Waals surface area contributed by atoms with Gasteiger partial charge in [0.2, 0.25) is 0 Å². The molecule has 1 aliphatic heterocycles. The summed E-state index contributed by atoms with van der Waals surface area (Å²) < 4.78 is 10.2. The fourth-order valence-corrected chi connectivity index (χ4v) is 1.91. The summed E-state index contributed by atoms with van der Waals surface area (Å²) in [6.45, 7) is 2.77. The van der Waals surface area contributed by atoms with Crippen LogP contribution < -0.4 is 4.74 Å². The van der Waals surface area contributed by atoms with E-state index in [1.54, 1.807) is 13.0 Å². The van der Waals surface area contributed by atoms with Crippen molar-refractivity contribution in [1.29, 1.82) is 0 Å². The van der Waals surface area contributed by atoms with Crippen LogP contribution in [0.3, 0.4) is 0 Å². The summed E-state index contributed by atoms with van der Waals surface area (Å²) in [5, 5.41) is 9.91. The van der Waals surface area contributed by atoms with Crippen molar-refractivity contribution in [2.24, 2.45) is 0 Å². The number of aliphatic hydroxyl groups excluding tert-OH is 1. The molecule has 0 bridgehead atoms. The second-order valence-electron chi connectivity index (χ2n) is 3.99. The Balaban J connectivity index is 2.04. The molecule has 4 nitrogen and oxygen atoms in total. The zero-order valence-corrected chi connectivity index (χ0v) is 9.81. The third kappa shape index (κ3) is 2.77. The van der Waals surface area contributed by atoms with E-state index in [-0.39, 0.29) is 12.4 Å². The Morgan fingerprint density at radius 2 is 2.41 bits per heavy atom. The van der Waals surface area contributed by atoms with Gasteiger partial charge < -0.3 is 14.6 Å². The summed E-state index contributed by atoms with van der Waals surface area (Å²) in [6.07, 6.45) is 0.0444. The Morgan fingerprint density at radius 3 is 3.18 bits per heavy atom. The number of hydrogen-bond donors (Lipinski definition) is 1. The van der Waals surface area contributed by atoms with E-state index in [1.807, 2.05) is 12.1 Å². The standard InChI is InChI=1S/C13H16O4/c1-2-16-13(15)8-11(14)9-3-4-12-10(7-9)5-6-17-12/h3-4,7,11,14H,2,5-6,8H2,1H3. The fraction of sp³-hybridized carbons (Fsp3) is 0.462. The molecule has 1 unspecified atom stereocenters. The van der Waals surface area contributed by atoms with Crippen LogP contribution in [-0.2, 0) is 16.0 Å². The molecule has 1 N–H and O–H groups in total. The average Bonchev–Trinajstić information content (AvgIpc) is 2.75. The molecule has 0 fully saturated rings. The van der Waals surface area contributed by atoms with Gasteiger partial charge in [-0.1, -0.05) is 6.07 Å². The molecule has 2 rings (SSSR count). The van der Waals surface area contributed by atoms with E-state index >= 15 is 0 Å². The number of carbonyl (C=O) groups is 1. The van der Waals surface area contributed by atoms with E-state index in [2.05, 4.69) is 0 Å². The SMILES string of the molecule is CCOC(=O)CC(O)c1ccc2c(c1)CCO2. The Bertz CT molecular complexity index is 414. The summed E-state index contributed by atoms with van der Waals surface area (Å²) >= 11 is 0. The molecular formula is C13H16O4. The zero-order valence-electron chi connectivity index (χ0n) is 9.81. The molecule has 0 saturated heterocycles. The van der Waals surface area contributed by atoms with Gasteiger partial charge in [-0.05, 0) is 30.2 Å². The van der Waals surface area contributed by atoms with Crippen molar-refractivity contribution >= 4 is 5.97 Å². The zero-order chi connectivity index (χ0) is 12.3. The van der Waals surface area contributed by atoms with Gasteiger partial charge in [0.05, 0.1) is 25.7 Å². The normalized spacial score (nSPS) is 14.9. The van der Waals surface area contributed by atoms with Crippen molar-refractivity contribution in [2.45, 2.75) is 25.9 Å². The summed E-state index contributed by atoms with van der Waals surface area (Å²) in [5.41, 5.74) is 1.83. The highest BCUT2D eigenvalue weighted by atomic mass is 16.5. The maximum absolute atomic E-state index is 11.3. The average molecular weight is 236 g/mol. The van der Waals surface area contributed by atoms with Crippen LogP contribution in [-0.4, -0.2) is 24.3 Å². The minimum Gasteiger partial charge on any atom is -0.493 e. The highest BCUT2D eigenvalue weighted by Gasteiger charge is 2.17. The van der Waals surface area contributed by atoms with Crippen LogP contribution >= 0.6 is 0 Å². The van der Waals surface area contributed by atoms with E-state index in [9.17, 15) is 9.90 Å². The molecule has 17 heavy (non-hydrogen) atoms. The van der Waals surface area contributed by atoms with Gasteiger partial charge in [0.1, 0.15) is 5.75 Å². The van der Waals surface area contributed by atoms with Crippen LogP contribution in [0.25, 0.3) is 0 Å².